The molecule has 24 heavy (non-hydrogen) atoms. The number of amides is 1. The van der Waals surface area contributed by atoms with E-state index in [1.807, 2.05) is 48.5 Å². The largest absolute Gasteiger partial charge is 0.324 e. The molecular weight excluding hydrogens is 302 g/mol. The number of nitrogens with zero attached hydrogens (tertiary/aromatic N) is 4. The van der Waals surface area contributed by atoms with Crippen LogP contribution in [0.5, 0.6) is 0 Å². The molecule has 1 heterocycles. The lowest BCUT2D eigenvalue weighted by atomic mass is 10.0. The fraction of sp³-hybridized carbons (Fsp3) is 0.111. The van der Waals surface area contributed by atoms with Gasteiger partial charge < -0.3 is 5.32 Å². The van der Waals surface area contributed by atoms with Gasteiger partial charge in [0.25, 0.3) is 5.82 Å². The lowest BCUT2D eigenvalue weighted by Gasteiger charge is -2.11. The van der Waals surface area contributed by atoms with Crippen molar-refractivity contribution in [3.63, 3.8) is 0 Å². The van der Waals surface area contributed by atoms with E-state index in [0.717, 1.165) is 17.7 Å². The van der Waals surface area contributed by atoms with Crippen LogP contribution in [0.1, 0.15) is 17.0 Å². The molecule has 0 saturated carbocycles. The van der Waals surface area contributed by atoms with E-state index in [1.54, 1.807) is 0 Å². The summed E-state index contributed by atoms with van der Waals surface area (Å²) in [5, 5.41) is 15.5. The Kier molecular flexibility index (Phi) is 4.63. The van der Waals surface area contributed by atoms with E-state index in [1.165, 1.54) is 16.6 Å². The van der Waals surface area contributed by atoms with Gasteiger partial charge in [0.2, 0.25) is 5.91 Å². The van der Waals surface area contributed by atoms with E-state index in [9.17, 15) is 4.79 Å². The molecule has 0 atom stereocenters. The molecule has 1 amide bonds. The molecule has 0 spiro atoms. The third-order valence-corrected chi connectivity index (χ3v) is 3.47. The monoisotopic (exact) mass is 317 g/mol. The zero-order valence-electron chi connectivity index (χ0n) is 12.9. The number of para-hydroxylation sites is 1. The van der Waals surface area contributed by atoms with Crippen molar-refractivity contribution in [1.29, 1.82) is 5.26 Å². The van der Waals surface area contributed by atoms with Gasteiger partial charge in [-0.25, -0.2) is 9.67 Å². The number of nitrogens with one attached hydrogen (secondary N) is 1. The molecule has 0 bridgehead atoms. The highest BCUT2D eigenvalue weighted by Gasteiger charge is 2.09. The summed E-state index contributed by atoms with van der Waals surface area (Å²) in [7, 11) is 0. The molecule has 0 aliphatic carbocycles. The van der Waals surface area contributed by atoms with Gasteiger partial charge in [0.1, 0.15) is 18.9 Å². The van der Waals surface area contributed by atoms with E-state index in [-0.39, 0.29) is 18.3 Å². The summed E-state index contributed by atoms with van der Waals surface area (Å²) in [6.45, 7) is 0.00828. The molecule has 118 valence electrons. The molecule has 1 N–H and O–H groups in total. The Morgan fingerprint density at radius 3 is 2.62 bits per heavy atom. The van der Waals surface area contributed by atoms with Crippen molar-refractivity contribution < 1.29 is 4.79 Å². The SMILES string of the molecule is N#Cc1ncn(CC(=O)Nc2ccccc2Cc2ccccc2)n1. The molecule has 0 radical (unpaired) electrons. The molecule has 3 aromatic rings. The number of carbonyl (C=O) groups excluding carboxylic acids is 1. The van der Waals surface area contributed by atoms with Crippen molar-refractivity contribution in [2.45, 2.75) is 13.0 Å². The van der Waals surface area contributed by atoms with Crippen LogP contribution in [0.4, 0.5) is 5.69 Å². The first kappa shape index (κ1) is 15.4. The van der Waals surface area contributed by atoms with Gasteiger partial charge in [0.15, 0.2) is 0 Å². The van der Waals surface area contributed by atoms with Gasteiger partial charge >= 0.3 is 0 Å². The maximum Gasteiger partial charge on any atom is 0.252 e. The Balaban J connectivity index is 1.70. The lowest BCUT2D eigenvalue weighted by Crippen LogP contribution is -2.20. The van der Waals surface area contributed by atoms with Crippen molar-refractivity contribution in [3.05, 3.63) is 77.9 Å². The zero-order valence-corrected chi connectivity index (χ0v) is 12.9. The topological polar surface area (TPSA) is 83.6 Å². The first-order valence-corrected chi connectivity index (χ1v) is 7.46. The quantitative estimate of drug-likeness (QED) is 0.783. The fourth-order valence-electron chi connectivity index (χ4n) is 2.37. The van der Waals surface area contributed by atoms with Crippen LogP contribution >= 0.6 is 0 Å². The molecule has 1 aromatic heterocycles. The summed E-state index contributed by atoms with van der Waals surface area (Å²) in [6, 6.07) is 19.6. The van der Waals surface area contributed by atoms with E-state index >= 15 is 0 Å². The normalized spacial score (nSPS) is 10.1. The van der Waals surface area contributed by atoms with Crippen LogP contribution in [0.25, 0.3) is 0 Å². The van der Waals surface area contributed by atoms with Crippen LogP contribution < -0.4 is 5.32 Å². The minimum atomic E-state index is -0.218. The van der Waals surface area contributed by atoms with Gasteiger partial charge in [0, 0.05) is 5.69 Å². The number of nitriles is 1. The van der Waals surface area contributed by atoms with Crippen molar-refractivity contribution >= 4 is 11.6 Å². The molecule has 6 heteroatoms. The first-order valence-electron chi connectivity index (χ1n) is 7.46. The highest BCUT2D eigenvalue weighted by atomic mass is 16.2. The van der Waals surface area contributed by atoms with Crippen LogP contribution in [0.15, 0.2) is 60.9 Å². The molecule has 0 unspecified atom stereocenters. The predicted molar refractivity (Wildman–Crippen MR) is 89.1 cm³/mol. The molecular formula is C18H15N5O. The van der Waals surface area contributed by atoms with Gasteiger partial charge in [-0.1, -0.05) is 48.5 Å². The second kappa shape index (κ2) is 7.20. The van der Waals surface area contributed by atoms with Gasteiger partial charge in [-0.15, -0.1) is 5.10 Å². The highest BCUT2D eigenvalue weighted by Crippen LogP contribution is 2.19. The van der Waals surface area contributed by atoms with Gasteiger partial charge in [0.05, 0.1) is 0 Å². The predicted octanol–water partition coefficient (Wildman–Crippen LogP) is 2.38. The van der Waals surface area contributed by atoms with E-state index in [0.29, 0.717) is 0 Å². The molecule has 0 aliphatic rings. The average molecular weight is 317 g/mol. The maximum absolute atomic E-state index is 12.2. The minimum Gasteiger partial charge on any atom is -0.324 e. The molecule has 3 rings (SSSR count). The Labute approximate surface area is 139 Å². The standard InChI is InChI=1S/C18H15N5O/c19-11-17-20-13-23(22-17)12-18(24)21-16-9-5-4-8-15(16)10-14-6-2-1-3-7-14/h1-9,13H,10,12H2,(H,21,24). The van der Waals surface area contributed by atoms with E-state index < -0.39 is 0 Å². The summed E-state index contributed by atoms with van der Waals surface area (Å²) >= 11 is 0. The zero-order chi connectivity index (χ0) is 16.8. The third-order valence-electron chi connectivity index (χ3n) is 3.47. The van der Waals surface area contributed by atoms with Crippen LogP contribution in [-0.4, -0.2) is 20.7 Å². The van der Waals surface area contributed by atoms with Gasteiger partial charge in [-0.3, -0.25) is 4.79 Å². The minimum absolute atomic E-state index is 0.00828. The smallest absolute Gasteiger partial charge is 0.252 e. The fourth-order valence-corrected chi connectivity index (χ4v) is 2.37. The Morgan fingerprint density at radius 1 is 1.12 bits per heavy atom. The lowest BCUT2D eigenvalue weighted by molar-refractivity contribution is -0.116. The Morgan fingerprint density at radius 2 is 1.88 bits per heavy atom. The van der Waals surface area contributed by atoms with Crippen molar-refractivity contribution in [3.8, 4) is 6.07 Å². The molecule has 6 nitrogen and oxygen atoms in total. The van der Waals surface area contributed by atoms with Gasteiger partial charge in [-0.2, -0.15) is 5.26 Å². The summed E-state index contributed by atoms with van der Waals surface area (Å²) < 4.78 is 1.34. The van der Waals surface area contributed by atoms with Crippen molar-refractivity contribution in [1.82, 2.24) is 14.8 Å². The highest BCUT2D eigenvalue weighted by molar-refractivity contribution is 5.91. The second-order valence-electron chi connectivity index (χ2n) is 5.25. The number of aromatic nitrogens is 3. The maximum atomic E-state index is 12.2. The van der Waals surface area contributed by atoms with E-state index in [2.05, 4.69) is 27.5 Å². The van der Waals surface area contributed by atoms with Crippen molar-refractivity contribution in [2.75, 3.05) is 5.32 Å². The Hall–Kier alpha value is -3.46. The van der Waals surface area contributed by atoms with Gasteiger partial charge in [-0.05, 0) is 23.6 Å². The number of hydrogen-bond acceptors (Lipinski definition) is 4. The second-order valence-corrected chi connectivity index (χ2v) is 5.25. The summed E-state index contributed by atoms with van der Waals surface area (Å²) in [6.07, 6.45) is 2.10. The summed E-state index contributed by atoms with van der Waals surface area (Å²) in [4.78, 5) is 16.0. The third kappa shape index (κ3) is 3.84. The molecule has 0 saturated heterocycles. The van der Waals surface area contributed by atoms with E-state index in [4.69, 9.17) is 5.26 Å². The average Bonchev–Trinajstić information content (AvgIpc) is 3.05. The van der Waals surface area contributed by atoms with Crippen LogP contribution in [0.3, 0.4) is 0 Å². The Bertz CT molecular complexity index is 880. The number of carbonyl (C=O) groups is 1. The van der Waals surface area contributed by atoms with Crippen molar-refractivity contribution in [2.24, 2.45) is 0 Å². The van der Waals surface area contributed by atoms with Crippen LogP contribution in [-0.2, 0) is 17.8 Å². The number of benzene rings is 2. The van der Waals surface area contributed by atoms with Crippen LogP contribution in [0.2, 0.25) is 0 Å². The summed E-state index contributed by atoms with van der Waals surface area (Å²) in [5.41, 5.74) is 2.98. The molecule has 0 aliphatic heterocycles. The number of anilines is 1. The summed E-state index contributed by atoms with van der Waals surface area (Å²) in [5.74, 6) is -0.169. The number of hydrogen-bond donors (Lipinski definition) is 1. The first-order chi connectivity index (χ1) is 11.7. The molecule has 2 aromatic carbocycles. The number of rotatable bonds is 5. The van der Waals surface area contributed by atoms with Crippen LogP contribution in [0, 0.1) is 11.3 Å². The molecule has 0 fully saturated rings.